The predicted molar refractivity (Wildman–Crippen MR) is 79.6 cm³/mol. The van der Waals surface area contributed by atoms with Crippen molar-refractivity contribution in [3.8, 4) is 11.5 Å². The third kappa shape index (κ3) is 4.31. The van der Waals surface area contributed by atoms with Crippen LogP contribution in [0.2, 0.25) is 0 Å². The molecule has 1 aromatic heterocycles. The first-order valence-corrected chi connectivity index (χ1v) is 7.04. The average molecular weight is 364 g/mol. The molecule has 0 unspecified atom stereocenters. The summed E-state index contributed by atoms with van der Waals surface area (Å²) in [6, 6.07) is 4.06. The summed E-state index contributed by atoms with van der Waals surface area (Å²) in [6.45, 7) is -1.10. The van der Waals surface area contributed by atoms with Crippen molar-refractivity contribution >= 4 is 18.4 Å². The van der Waals surface area contributed by atoms with Gasteiger partial charge in [0, 0.05) is 0 Å². The first-order chi connectivity index (χ1) is 11.4. The van der Waals surface area contributed by atoms with Crippen LogP contribution >= 0.6 is 12.2 Å². The number of alkyl halides is 4. The van der Waals surface area contributed by atoms with E-state index >= 15 is 0 Å². The molecule has 1 N–H and O–H groups in total. The minimum Gasteiger partial charge on any atom is -0.490 e. The van der Waals surface area contributed by atoms with E-state index in [4.69, 9.17) is 17.0 Å². The Hall–Kier alpha value is -2.43. The Morgan fingerprint density at radius 3 is 2.71 bits per heavy atom. The zero-order chi connectivity index (χ0) is 17.7. The second kappa shape index (κ2) is 7.90. The molecule has 0 radical (unpaired) electrons. The molecule has 24 heavy (non-hydrogen) atoms. The van der Waals surface area contributed by atoms with Gasteiger partial charge in [0.25, 0.3) is 6.43 Å². The van der Waals surface area contributed by atoms with Crippen molar-refractivity contribution in [2.75, 3.05) is 6.61 Å². The number of halogens is 4. The number of nitrogens with one attached hydrogen (secondary N) is 1. The van der Waals surface area contributed by atoms with Crippen molar-refractivity contribution < 1.29 is 27.0 Å². The smallest absolute Gasteiger partial charge is 0.387 e. The highest BCUT2D eigenvalue weighted by molar-refractivity contribution is 7.71. The minimum absolute atomic E-state index is 0.0756. The largest absolute Gasteiger partial charge is 0.490 e. The Balaban J connectivity index is 2.31. The summed E-state index contributed by atoms with van der Waals surface area (Å²) >= 11 is 4.81. The van der Waals surface area contributed by atoms with Crippen LogP contribution in [0.15, 0.2) is 23.3 Å². The third-order valence-corrected chi connectivity index (χ3v) is 2.94. The van der Waals surface area contributed by atoms with Crippen LogP contribution < -0.4 is 9.47 Å². The maximum atomic E-state index is 12.8. The van der Waals surface area contributed by atoms with E-state index in [-0.39, 0.29) is 22.9 Å². The summed E-state index contributed by atoms with van der Waals surface area (Å²) in [5.41, 5.74) is 0.406. The molecular formula is C13H12F4N4O2S. The fourth-order valence-electron chi connectivity index (χ4n) is 1.75. The monoisotopic (exact) mass is 364 g/mol. The van der Waals surface area contributed by atoms with Crippen molar-refractivity contribution in [2.45, 2.75) is 20.0 Å². The van der Waals surface area contributed by atoms with Gasteiger partial charge in [0.05, 0.1) is 12.8 Å². The van der Waals surface area contributed by atoms with Crippen molar-refractivity contribution in [1.29, 1.82) is 0 Å². The molecular weight excluding hydrogens is 352 g/mol. The summed E-state index contributed by atoms with van der Waals surface area (Å²) in [5.74, 6) is -0.706. The number of rotatable bonds is 7. The normalized spacial score (nSPS) is 11.6. The van der Waals surface area contributed by atoms with Gasteiger partial charge in [-0.15, -0.1) is 0 Å². The summed E-state index contributed by atoms with van der Waals surface area (Å²) in [4.78, 5) is 0. The van der Waals surface area contributed by atoms with Gasteiger partial charge in [0.2, 0.25) is 10.6 Å². The highest BCUT2D eigenvalue weighted by Gasteiger charge is 2.16. The van der Waals surface area contributed by atoms with Gasteiger partial charge in [-0.05, 0) is 42.9 Å². The highest BCUT2D eigenvalue weighted by atomic mass is 32.1. The first kappa shape index (κ1) is 17.9. The van der Waals surface area contributed by atoms with E-state index in [1.807, 2.05) is 0 Å². The lowest BCUT2D eigenvalue weighted by Gasteiger charge is -2.11. The molecule has 0 bridgehead atoms. The fourth-order valence-corrected chi connectivity index (χ4v) is 1.93. The van der Waals surface area contributed by atoms with Crippen LogP contribution in [0.1, 0.15) is 24.7 Å². The third-order valence-electron chi connectivity index (χ3n) is 2.68. The van der Waals surface area contributed by atoms with Gasteiger partial charge in [-0.1, -0.05) is 0 Å². The molecule has 0 aliphatic rings. The van der Waals surface area contributed by atoms with Crippen molar-refractivity contribution in [3.63, 3.8) is 0 Å². The zero-order valence-corrected chi connectivity index (χ0v) is 13.1. The standard InChI is InChI=1S/C13H12F4N4O2S/c1-2-22-9-5-7(3-4-8(9)23-12(16)17)6-18-21-11(10(14)15)19-20-13(21)24/h3-6,10,12H,2H2,1H3,(H,20,24)/b18-6-. The number of hydrogen-bond donors (Lipinski definition) is 1. The summed E-state index contributed by atoms with van der Waals surface area (Å²) in [6.07, 6.45) is -1.65. The highest BCUT2D eigenvalue weighted by Crippen LogP contribution is 2.29. The fraction of sp³-hybridized carbons (Fsp3) is 0.308. The molecule has 130 valence electrons. The maximum absolute atomic E-state index is 12.8. The van der Waals surface area contributed by atoms with Crippen LogP contribution in [-0.2, 0) is 0 Å². The van der Waals surface area contributed by atoms with Gasteiger partial charge < -0.3 is 9.47 Å². The van der Waals surface area contributed by atoms with E-state index < -0.39 is 18.9 Å². The Bertz CT molecular complexity index is 776. The Kier molecular flexibility index (Phi) is 5.90. The molecule has 11 heteroatoms. The van der Waals surface area contributed by atoms with E-state index in [9.17, 15) is 17.6 Å². The van der Waals surface area contributed by atoms with Gasteiger partial charge in [-0.3, -0.25) is 0 Å². The van der Waals surface area contributed by atoms with Gasteiger partial charge in [0.15, 0.2) is 11.5 Å². The number of hydrogen-bond acceptors (Lipinski definition) is 5. The summed E-state index contributed by atoms with van der Waals surface area (Å²) in [7, 11) is 0. The second-order valence-corrected chi connectivity index (χ2v) is 4.65. The number of aromatic amines is 1. The maximum Gasteiger partial charge on any atom is 0.387 e. The Morgan fingerprint density at radius 1 is 1.33 bits per heavy atom. The number of benzene rings is 1. The summed E-state index contributed by atoms with van der Waals surface area (Å²) in [5, 5.41) is 9.40. The predicted octanol–water partition coefficient (Wildman–Crippen LogP) is 3.76. The van der Waals surface area contributed by atoms with Crippen LogP contribution in [0.5, 0.6) is 11.5 Å². The van der Waals surface area contributed by atoms with E-state index in [0.717, 1.165) is 4.68 Å². The lowest BCUT2D eigenvalue weighted by atomic mass is 10.2. The summed E-state index contributed by atoms with van der Waals surface area (Å²) < 4.78 is 60.4. The molecule has 1 aromatic carbocycles. The molecule has 2 aromatic rings. The number of H-pyrrole nitrogens is 1. The van der Waals surface area contributed by atoms with E-state index in [2.05, 4.69) is 20.0 Å². The number of ether oxygens (including phenoxy) is 2. The lowest BCUT2D eigenvalue weighted by Crippen LogP contribution is -2.05. The van der Waals surface area contributed by atoms with Crippen LogP contribution in [0, 0.1) is 4.77 Å². The zero-order valence-electron chi connectivity index (χ0n) is 12.2. The van der Waals surface area contributed by atoms with E-state index in [0.29, 0.717) is 5.56 Å². The van der Waals surface area contributed by atoms with Gasteiger partial charge in [0.1, 0.15) is 0 Å². The minimum atomic E-state index is -3.00. The van der Waals surface area contributed by atoms with Crippen LogP contribution in [-0.4, -0.2) is 34.3 Å². The molecule has 0 spiro atoms. The topological polar surface area (TPSA) is 64.4 Å². The van der Waals surface area contributed by atoms with Crippen LogP contribution in [0.25, 0.3) is 0 Å². The van der Waals surface area contributed by atoms with Crippen molar-refractivity contribution in [2.24, 2.45) is 5.10 Å². The molecule has 2 rings (SSSR count). The molecule has 0 aliphatic carbocycles. The molecule has 0 fully saturated rings. The quantitative estimate of drug-likeness (QED) is 0.462. The van der Waals surface area contributed by atoms with Crippen molar-refractivity contribution in [1.82, 2.24) is 14.9 Å². The molecule has 6 nitrogen and oxygen atoms in total. The molecule has 0 saturated heterocycles. The van der Waals surface area contributed by atoms with Crippen LogP contribution in [0.3, 0.4) is 0 Å². The van der Waals surface area contributed by atoms with E-state index in [1.165, 1.54) is 24.4 Å². The molecule has 1 heterocycles. The number of aromatic nitrogens is 3. The lowest BCUT2D eigenvalue weighted by molar-refractivity contribution is -0.0514. The second-order valence-electron chi connectivity index (χ2n) is 4.26. The van der Waals surface area contributed by atoms with Crippen LogP contribution in [0.4, 0.5) is 17.6 Å². The molecule has 0 amide bonds. The SMILES string of the molecule is CCOc1cc(/C=N\n2c(C(F)F)n[nH]c2=S)ccc1OC(F)F. The molecule has 0 atom stereocenters. The van der Waals surface area contributed by atoms with Gasteiger partial charge in [-0.25, -0.2) is 13.9 Å². The van der Waals surface area contributed by atoms with Gasteiger partial charge in [-0.2, -0.15) is 23.7 Å². The average Bonchev–Trinajstić information content (AvgIpc) is 2.88. The Morgan fingerprint density at radius 2 is 2.08 bits per heavy atom. The molecule has 0 aliphatic heterocycles. The van der Waals surface area contributed by atoms with E-state index in [1.54, 1.807) is 6.92 Å². The molecule has 0 saturated carbocycles. The first-order valence-electron chi connectivity index (χ1n) is 6.63. The van der Waals surface area contributed by atoms with Crippen molar-refractivity contribution in [3.05, 3.63) is 34.4 Å². The van der Waals surface area contributed by atoms with Gasteiger partial charge >= 0.3 is 6.61 Å². The Labute approximate surface area is 138 Å². The number of nitrogens with zero attached hydrogens (tertiary/aromatic N) is 3.